The molecule has 1 amide bonds. The molecule has 122 valence electrons. The molecule has 0 aliphatic carbocycles. The van der Waals surface area contributed by atoms with Crippen LogP contribution in [0.25, 0.3) is 0 Å². The maximum Gasteiger partial charge on any atom is 0.227 e. The Morgan fingerprint density at radius 3 is 2.39 bits per heavy atom. The Labute approximate surface area is 136 Å². The van der Waals surface area contributed by atoms with Gasteiger partial charge in [0, 0.05) is 30.9 Å². The van der Waals surface area contributed by atoms with Gasteiger partial charge < -0.3 is 20.1 Å². The van der Waals surface area contributed by atoms with Crippen LogP contribution in [0.4, 0.5) is 5.69 Å². The quantitative estimate of drug-likeness (QED) is 0.832. The lowest BCUT2D eigenvalue weighted by Gasteiger charge is -2.19. The first kappa shape index (κ1) is 16.7. The zero-order valence-corrected chi connectivity index (χ0v) is 13.7. The van der Waals surface area contributed by atoms with Gasteiger partial charge in [-0.3, -0.25) is 4.79 Å². The van der Waals surface area contributed by atoms with Gasteiger partial charge in [-0.25, -0.2) is 0 Å². The van der Waals surface area contributed by atoms with Crippen molar-refractivity contribution >= 4 is 11.6 Å². The van der Waals surface area contributed by atoms with E-state index in [0.717, 1.165) is 16.9 Å². The Kier molecular flexibility index (Phi) is 5.46. The molecule has 5 heteroatoms. The van der Waals surface area contributed by atoms with Crippen LogP contribution in [0.3, 0.4) is 0 Å². The number of anilines is 1. The van der Waals surface area contributed by atoms with E-state index < -0.39 is 0 Å². The number of carbonyl (C=O) groups excluding carboxylic acids is 1. The van der Waals surface area contributed by atoms with E-state index in [9.17, 15) is 4.79 Å². The molecule has 0 bridgehead atoms. The molecule has 0 fully saturated rings. The molecule has 0 spiro atoms. The number of hydrogen-bond acceptors (Lipinski definition) is 4. The van der Waals surface area contributed by atoms with Crippen molar-refractivity contribution in [1.82, 2.24) is 4.90 Å². The fraction of sp³-hybridized carbons (Fsp3) is 0.278. The van der Waals surface area contributed by atoms with Crippen LogP contribution >= 0.6 is 0 Å². The average Bonchev–Trinajstić information content (AvgIpc) is 2.57. The maximum atomic E-state index is 12.4. The van der Waals surface area contributed by atoms with Crippen molar-refractivity contribution in [2.24, 2.45) is 0 Å². The molecular weight excluding hydrogens is 292 g/mol. The van der Waals surface area contributed by atoms with Crippen molar-refractivity contribution in [1.29, 1.82) is 0 Å². The van der Waals surface area contributed by atoms with Crippen molar-refractivity contribution in [2.45, 2.75) is 13.0 Å². The van der Waals surface area contributed by atoms with Gasteiger partial charge in [0.05, 0.1) is 20.6 Å². The minimum atomic E-state index is 0.0349. The van der Waals surface area contributed by atoms with E-state index in [0.29, 0.717) is 24.4 Å². The zero-order valence-electron chi connectivity index (χ0n) is 13.7. The number of likely N-dealkylation sites (N-methyl/N-ethyl adjacent to an activating group) is 1. The predicted octanol–water partition coefficient (Wildman–Crippen LogP) is 2.49. The number of carbonyl (C=O) groups is 1. The molecule has 23 heavy (non-hydrogen) atoms. The van der Waals surface area contributed by atoms with E-state index in [-0.39, 0.29) is 5.91 Å². The molecule has 5 nitrogen and oxygen atoms in total. The molecule has 0 atom stereocenters. The first-order chi connectivity index (χ1) is 11.0. The summed E-state index contributed by atoms with van der Waals surface area (Å²) < 4.78 is 10.6. The zero-order chi connectivity index (χ0) is 16.8. The molecule has 0 radical (unpaired) electrons. The number of hydrogen-bond donors (Lipinski definition) is 1. The Balaban J connectivity index is 2.04. The topological polar surface area (TPSA) is 64.8 Å². The molecule has 2 aromatic rings. The van der Waals surface area contributed by atoms with Crippen molar-refractivity contribution in [2.75, 3.05) is 27.0 Å². The lowest BCUT2D eigenvalue weighted by atomic mass is 10.1. The highest BCUT2D eigenvalue weighted by Gasteiger charge is 2.13. The highest BCUT2D eigenvalue weighted by molar-refractivity contribution is 5.78. The third kappa shape index (κ3) is 4.39. The second-order valence-electron chi connectivity index (χ2n) is 5.35. The van der Waals surface area contributed by atoms with Crippen LogP contribution in [0.5, 0.6) is 11.5 Å². The number of nitrogen functional groups attached to an aromatic ring is 1. The summed E-state index contributed by atoms with van der Waals surface area (Å²) in [5.74, 6) is 1.46. The third-order valence-electron chi connectivity index (χ3n) is 3.66. The van der Waals surface area contributed by atoms with Crippen LogP contribution < -0.4 is 15.2 Å². The first-order valence-corrected chi connectivity index (χ1v) is 7.32. The Bertz CT molecular complexity index is 668. The standard InChI is InChI=1S/C18H22N2O3/c1-20(18(21)10-13-4-7-15(19)8-5-13)12-14-6-9-16(22-2)11-17(14)23-3/h4-9,11H,10,12,19H2,1-3H3. The Morgan fingerprint density at radius 2 is 1.78 bits per heavy atom. The molecule has 0 aliphatic rings. The molecular formula is C18H22N2O3. The molecule has 0 saturated heterocycles. The van der Waals surface area contributed by atoms with Crippen LogP contribution in [0.1, 0.15) is 11.1 Å². The van der Waals surface area contributed by atoms with E-state index in [2.05, 4.69) is 0 Å². The number of ether oxygens (including phenoxy) is 2. The summed E-state index contributed by atoms with van der Waals surface area (Å²) >= 11 is 0. The van der Waals surface area contributed by atoms with E-state index >= 15 is 0 Å². The second-order valence-corrected chi connectivity index (χ2v) is 5.35. The van der Waals surface area contributed by atoms with Crippen LogP contribution in [0.2, 0.25) is 0 Å². The largest absolute Gasteiger partial charge is 0.497 e. The number of amides is 1. The van der Waals surface area contributed by atoms with Crippen molar-refractivity contribution in [3.8, 4) is 11.5 Å². The van der Waals surface area contributed by atoms with Gasteiger partial charge in [0.15, 0.2) is 0 Å². The summed E-state index contributed by atoms with van der Waals surface area (Å²) in [6.07, 6.45) is 0.343. The highest BCUT2D eigenvalue weighted by atomic mass is 16.5. The van der Waals surface area contributed by atoms with Gasteiger partial charge >= 0.3 is 0 Å². The van der Waals surface area contributed by atoms with Gasteiger partial charge in [-0.2, -0.15) is 0 Å². The van der Waals surface area contributed by atoms with Crippen LogP contribution in [0, 0.1) is 0 Å². The number of nitrogens with two attached hydrogens (primary N) is 1. The SMILES string of the molecule is COc1ccc(CN(C)C(=O)Cc2ccc(N)cc2)c(OC)c1. The van der Waals surface area contributed by atoms with E-state index in [1.165, 1.54) is 0 Å². The summed E-state index contributed by atoms with van der Waals surface area (Å²) in [4.78, 5) is 14.0. The predicted molar refractivity (Wildman–Crippen MR) is 90.6 cm³/mol. The number of rotatable bonds is 6. The highest BCUT2D eigenvalue weighted by Crippen LogP contribution is 2.25. The molecule has 0 unspecified atom stereocenters. The van der Waals surface area contributed by atoms with Gasteiger partial charge in [0.1, 0.15) is 11.5 Å². The molecule has 0 heterocycles. The number of benzene rings is 2. The summed E-state index contributed by atoms with van der Waals surface area (Å²) in [6, 6.07) is 12.9. The van der Waals surface area contributed by atoms with Crippen molar-refractivity contribution in [3.63, 3.8) is 0 Å². The van der Waals surface area contributed by atoms with Gasteiger partial charge in [0.25, 0.3) is 0 Å². The summed E-state index contributed by atoms with van der Waals surface area (Å²) in [5, 5.41) is 0. The second kappa shape index (κ2) is 7.54. The van der Waals surface area contributed by atoms with Gasteiger partial charge in [0.2, 0.25) is 5.91 Å². The van der Waals surface area contributed by atoms with Crippen molar-refractivity contribution < 1.29 is 14.3 Å². The fourth-order valence-electron chi connectivity index (χ4n) is 2.27. The first-order valence-electron chi connectivity index (χ1n) is 7.32. The summed E-state index contributed by atoms with van der Waals surface area (Å²) in [5.41, 5.74) is 8.22. The molecule has 2 N–H and O–H groups in total. The van der Waals surface area contributed by atoms with Gasteiger partial charge in [-0.05, 0) is 29.8 Å². The van der Waals surface area contributed by atoms with Gasteiger partial charge in [-0.15, -0.1) is 0 Å². The minimum Gasteiger partial charge on any atom is -0.497 e. The molecule has 2 rings (SSSR count). The van der Waals surface area contributed by atoms with Crippen LogP contribution in [-0.2, 0) is 17.8 Å². The molecule has 2 aromatic carbocycles. The van der Waals surface area contributed by atoms with E-state index in [1.807, 2.05) is 30.3 Å². The Hall–Kier alpha value is -2.69. The summed E-state index contributed by atoms with van der Waals surface area (Å²) in [7, 11) is 4.99. The van der Waals surface area contributed by atoms with E-state index in [4.69, 9.17) is 15.2 Å². The number of methoxy groups -OCH3 is 2. The lowest BCUT2D eigenvalue weighted by molar-refractivity contribution is -0.129. The lowest BCUT2D eigenvalue weighted by Crippen LogP contribution is -2.27. The average molecular weight is 314 g/mol. The number of nitrogens with zero attached hydrogens (tertiary/aromatic N) is 1. The maximum absolute atomic E-state index is 12.4. The summed E-state index contributed by atoms with van der Waals surface area (Å²) in [6.45, 7) is 0.473. The van der Waals surface area contributed by atoms with E-state index in [1.54, 1.807) is 38.3 Å². The van der Waals surface area contributed by atoms with Crippen molar-refractivity contribution in [3.05, 3.63) is 53.6 Å². The minimum absolute atomic E-state index is 0.0349. The molecule has 0 aliphatic heterocycles. The monoisotopic (exact) mass is 314 g/mol. The van der Waals surface area contributed by atoms with Crippen LogP contribution in [-0.4, -0.2) is 32.1 Å². The normalized spacial score (nSPS) is 10.2. The molecule has 0 aromatic heterocycles. The smallest absolute Gasteiger partial charge is 0.227 e. The molecule has 0 saturated carbocycles. The third-order valence-corrected chi connectivity index (χ3v) is 3.66. The fourth-order valence-corrected chi connectivity index (χ4v) is 2.27. The Morgan fingerprint density at radius 1 is 1.09 bits per heavy atom. The van der Waals surface area contributed by atoms with Gasteiger partial charge in [-0.1, -0.05) is 12.1 Å². The van der Waals surface area contributed by atoms with Crippen LogP contribution in [0.15, 0.2) is 42.5 Å².